The number of ether oxygens (including phenoxy) is 1. The summed E-state index contributed by atoms with van der Waals surface area (Å²) < 4.78 is 4.63. The van der Waals surface area contributed by atoms with E-state index in [-0.39, 0.29) is 5.97 Å². The first-order valence-electron chi connectivity index (χ1n) is 7.76. The molecule has 0 fully saturated rings. The molecule has 0 atom stereocenters. The summed E-state index contributed by atoms with van der Waals surface area (Å²) in [6, 6.07) is 4.25. The minimum Gasteiger partial charge on any atom is -0.469 e. The molecule has 0 saturated carbocycles. The molecule has 0 aliphatic heterocycles. The van der Waals surface area contributed by atoms with E-state index in [0.29, 0.717) is 6.42 Å². The van der Waals surface area contributed by atoms with Crippen molar-refractivity contribution in [1.29, 1.82) is 0 Å². The van der Waals surface area contributed by atoms with Gasteiger partial charge in [0.05, 0.1) is 7.11 Å². The maximum Gasteiger partial charge on any atom is 0.305 e. The van der Waals surface area contributed by atoms with Gasteiger partial charge in [-0.2, -0.15) is 0 Å². The van der Waals surface area contributed by atoms with Crippen LogP contribution in [0, 0.1) is 0 Å². The zero-order valence-electron chi connectivity index (χ0n) is 13.8. The van der Waals surface area contributed by atoms with Crippen LogP contribution in [0.3, 0.4) is 0 Å². The van der Waals surface area contributed by atoms with E-state index in [0.717, 1.165) is 44.9 Å². The molecule has 1 heterocycles. The molecular formula is C16H27N3O2S. The second-order valence-electron chi connectivity index (χ2n) is 5.02. The van der Waals surface area contributed by atoms with E-state index in [2.05, 4.69) is 51.4 Å². The first-order valence-corrected chi connectivity index (χ1v) is 8.64. The van der Waals surface area contributed by atoms with Gasteiger partial charge < -0.3 is 15.0 Å². The molecule has 0 saturated heterocycles. The zero-order chi connectivity index (χ0) is 16.2. The number of methoxy groups -OCH3 is 1. The van der Waals surface area contributed by atoms with Gasteiger partial charge in [0.15, 0.2) is 5.96 Å². The van der Waals surface area contributed by atoms with E-state index in [1.165, 1.54) is 12.0 Å². The number of hydrogen-bond donors (Lipinski definition) is 1. The summed E-state index contributed by atoms with van der Waals surface area (Å²) in [6.07, 6.45) is 3.20. The SMILES string of the molecule is CCNC(=NCCCCC(=O)OC)N(C)CCc1cccs1. The van der Waals surface area contributed by atoms with Crippen molar-refractivity contribution >= 4 is 23.3 Å². The summed E-state index contributed by atoms with van der Waals surface area (Å²) in [5.74, 6) is 0.779. The van der Waals surface area contributed by atoms with Crippen LogP contribution in [0.4, 0.5) is 0 Å². The van der Waals surface area contributed by atoms with Crippen LogP contribution >= 0.6 is 11.3 Å². The normalized spacial score (nSPS) is 11.3. The molecule has 0 aliphatic carbocycles. The molecule has 0 amide bonds. The van der Waals surface area contributed by atoms with Gasteiger partial charge in [-0.3, -0.25) is 9.79 Å². The molecule has 124 valence electrons. The molecule has 1 aromatic heterocycles. The quantitative estimate of drug-likeness (QED) is 0.328. The third kappa shape index (κ3) is 7.45. The van der Waals surface area contributed by atoms with Gasteiger partial charge in [-0.1, -0.05) is 6.07 Å². The molecule has 0 aliphatic rings. The van der Waals surface area contributed by atoms with Gasteiger partial charge in [-0.15, -0.1) is 11.3 Å². The van der Waals surface area contributed by atoms with E-state index in [1.54, 1.807) is 11.3 Å². The fraction of sp³-hybridized carbons (Fsp3) is 0.625. The van der Waals surface area contributed by atoms with Crippen molar-refractivity contribution in [3.63, 3.8) is 0 Å². The number of esters is 1. The Balaban J connectivity index is 2.34. The van der Waals surface area contributed by atoms with E-state index in [9.17, 15) is 4.79 Å². The molecule has 22 heavy (non-hydrogen) atoms. The Morgan fingerprint density at radius 2 is 2.27 bits per heavy atom. The Morgan fingerprint density at radius 3 is 2.91 bits per heavy atom. The lowest BCUT2D eigenvalue weighted by Gasteiger charge is -2.21. The van der Waals surface area contributed by atoms with Crippen molar-refractivity contribution in [2.45, 2.75) is 32.6 Å². The number of aliphatic imine (C=N–C) groups is 1. The maximum absolute atomic E-state index is 11.0. The topological polar surface area (TPSA) is 53.9 Å². The summed E-state index contributed by atoms with van der Waals surface area (Å²) in [4.78, 5) is 19.2. The van der Waals surface area contributed by atoms with E-state index >= 15 is 0 Å². The highest BCUT2D eigenvalue weighted by molar-refractivity contribution is 7.09. The first-order chi connectivity index (χ1) is 10.7. The highest BCUT2D eigenvalue weighted by Gasteiger charge is 2.06. The number of thiophene rings is 1. The maximum atomic E-state index is 11.0. The van der Waals surface area contributed by atoms with Crippen LogP contribution in [0.5, 0.6) is 0 Å². The summed E-state index contributed by atoms with van der Waals surface area (Å²) in [7, 11) is 3.48. The predicted molar refractivity (Wildman–Crippen MR) is 92.5 cm³/mol. The molecule has 1 N–H and O–H groups in total. The lowest BCUT2D eigenvalue weighted by Crippen LogP contribution is -2.40. The number of carbonyl (C=O) groups excluding carboxylic acids is 1. The Kier molecular flexibility index (Phi) is 9.30. The van der Waals surface area contributed by atoms with Gasteiger partial charge in [-0.05, 0) is 37.6 Å². The summed E-state index contributed by atoms with van der Waals surface area (Å²) in [5, 5.41) is 5.42. The van der Waals surface area contributed by atoms with Gasteiger partial charge in [0, 0.05) is 38.0 Å². The minimum atomic E-state index is -0.149. The van der Waals surface area contributed by atoms with Gasteiger partial charge in [-0.25, -0.2) is 0 Å². The molecule has 0 unspecified atom stereocenters. The van der Waals surface area contributed by atoms with Crippen molar-refractivity contribution in [1.82, 2.24) is 10.2 Å². The molecule has 5 nitrogen and oxygen atoms in total. The van der Waals surface area contributed by atoms with Gasteiger partial charge >= 0.3 is 5.97 Å². The highest BCUT2D eigenvalue weighted by atomic mass is 32.1. The zero-order valence-corrected chi connectivity index (χ0v) is 14.6. The molecule has 1 rings (SSSR count). The Hall–Kier alpha value is -1.56. The fourth-order valence-electron chi connectivity index (χ4n) is 1.98. The van der Waals surface area contributed by atoms with E-state index in [4.69, 9.17) is 0 Å². The average Bonchev–Trinajstić information content (AvgIpc) is 3.04. The number of carbonyl (C=O) groups is 1. The van der Waals surface area contributed by atoms with Crippen LogP contribution in [0.2, 0.25) is 0 Å². The molecular weight excluding hydrogens is 298 g/mol. The van der Waals surface area contributed by atoms with Crippen LogP contribution in [0.1, 0.15) is 31.1 Å². The fourth-order valence-corrected chi connectivity index (χ4v) is 2.67. The minimum absolute atomic E-state index is 0.149. The highest BCUT2D eigenvalue weighted by Crippen LogP contribution is 2.09. The van der Waals surface area contributed by atoms with E-state index < -0.39 is 0 Å². The number of guanidine groups is 1. The van der Waals surface area contributed by atoms with E-state index in [1.807, 2.05) is 0 Å². The number of nitrogens with one attached hydrogen (secondary N) is 1. The molecule has 0 spiro atoms. The van der Waals surface area contributed by atoms with Gasteiger partial charge in [0.2, 0.25) is 0 Å². The van der Waals surface area contributed by atoms with Crippen molar-refractivity contribution in [2.75, 3.05) is 33.8 Å². The lowest BCUT2D eigenvalue weighted by molar-refractivity contribution is -0.140. The Labute approximate surface area is 137 Å². The number of likely N-dealkylation sites (N-methyl/N-ethyl adjacent to an activating group) is 1. The molecule has 0 radical (unpaired) electrons. The number of rotatable bonds is 9. The third-order valence-electron chi connectivity index (χ3n) is 3.25. The van der Waals surface area contributed by atoms with Gasteiger partial charge in [0.25, 0.3) is 0 Å². The lowest BCUT2D eigenvalue weighted by atomic mass is 10.2. The first kappa shape index (κ1) is 18.5. The number of unbranched alkanes of at least 4 members (excludes halogenated alkanes) is 1. The van der Waals surface area contributed by atoms with Crippen molar-refractivity contribution < 1.29 is 9.53 Å². The smallest absolute Gasteiger partial charge is 0.305 e. The van der Waals surface area contributed by atoms with Crippen LogP contribution < -0.4 is 5.32 Å². The summed E-state index contributed by atoms with van der Waals surface area (Å²) >= 11 is 1.79. The number of nitrogens with zero attached hydrogens (tertiary/aromatic N) is 2. The Morgan fingerprint density at radius 1 is 1.45 bits per heavy atom. The van der Waals surface area contributed by atoms with Crippen molar-refractivity contribution in [2.24, 2.45) is 4.99 Å². The second-order valence-corrected chi connectivity index (χ2v) is 6.05. The molecule has 1 aromatic rings. The predicted octanol–water partition coefficient (Wildman–Crippen LogP) is 2.53. The Bertz CT molecular complexity index is 446. The monoisotopic (exact) mass is 325 g/mol. The van der Waals surface area contributed by atoms with Crippen LogP contribution in [-0.4, -0.2) is 50.6 Å². The summed E-state index contributed by atoms with van der Waals surface area (Å²) in [6.45, 7) is 4.58. The van der Waals surface area contributed by atoms with Crippen molar-refractivity contribution in [3.8, 4) is 0 Å². The molecule has 0 aromatic carbocycles. The average molecular weight is 325 g/mol. The van der Waals surface area contributed by atoms with Gasteiger partial charge in [0.1, 0.15) is 0 Å². The standard InChI is InChI=1S/C16H27N3O2S/c1-4-17-16(18-11-6-5-9-15(20)21-3)19(2)12-10-14-8-7-13-22-14/h7-8,13H,4-6,9-12H2,1-3H3,(H,17,18). The molecule has 0 bridgehead atoms. The van der Waals surface area contributed by atoms with Crippen LogP contribution in [0.15, 0.2) is 22.5 Å². The third-order valence-corrected chi connectivity index (χ3v) is 4.18. The number of hydrogen-bond acceptors (Lipinski definition) is 4. The van der Waals surface area contributed by atoms with Crippen LogP contribution in [-0.2, 0) is 16.0 Å². The largest absolute Gasteiger partial charge is 0.469 e. The molecule has 6 heteroatoms. The van der Waals surface area contributed by atoms with Crippen LogP contribution in [0.25, 0.3) is 0 Å². The van der Waals surface area contributed by atoms with Crippen molar-refractivity contribution in [3.05, 3.63) is 22.4 Å². The second kappa shape index (κ2) is 11.1. The summed E-state index contributed by atoms with van der Waals surface area (Å²) in [5.41, 5.74) is 0.